The Hall–Kier alpha value is -0.120. The highest BCUT2D eigenvalue weighted by molar-refractivity contribution is 4.94. The Morgan fingerprint density at radius 2 is 2.00 bits per heavy atom. The van der Waals surface area contributed by atoms with Gasteiger partial charge in [0, 0.05) is 18.6 Å². The van der Waals surface area contributed by atoms with Gasteiger partial charge in [-0.2, -0.15) is 0 Å². The summed E-state index contributed by atoms with van der Waals surface area (Å²) in [5.41, 5.74) is 0.319. The molecule has 0 aromatic heterocycles. The zero-order chi connectivity index (χ0) is 14.5. The van der Waals surface area contributed by atoms with Crippen molar-refractivity contribution in [3.05, 3.63) is 0 Å². The average Bonchev–Trinajstić information content (AvgIpc) is 2.26. The maximum absolute atomic E-state index is 5.76. The molecule has 0 radical (unpaired) electrons. The van der Waals surface area contributed by atoms with Gasteiger partial charge in [0.25, 0.3) is 0 Å². The first-order valence-electron chi connectivity index (χ1n) is 7.77. The summed E-state index contributed by atoms with van der Waals surface area (Å²) in [4.78, 5) is 2.43. The third kappa shape index (κ3) is 5.80. The highest BCUT2D eigenvalue weighted by atomic mass is 16.5. The second-order valence-electron chi connectivity index (χ2n) is 7.46. The molecule has 0 bridgehead atoms. The lowest BCUT2D eigenvalue weighted by atomic mass is 9.75. The van der Waals surface area contributed by atoms with Crippen molar-refractivity contribution in [1.82, 2.24) is 10.2 Å². The lowest BCUT2D eigenvalue weighted by Gasteiger charge is -2.45. The van der Waals surface area contributed by atoms with Crippen LogP contribution in [0.15, 0.2) is 0 Å². The molecular formula is C16H34N2O. The van der Waals surface area contributed by atoms with Crippen molar-refractivity contribution in [2.75, 3.05) is 33.8 Å². The summed E-state index contributed by atoms with van der Waals surface area (Å²) >= 11 is 0. The largest absolute Gasteiger partial charge is 0.375 e. The summed E-state index contributed by atoms with van der Waals surface area (Å²) in [7, 11) is 4.46. The van der Waals surface area contributed by atoms with Gasteiger partial charge in [-0.05, 0) is 53.6 Å². The van der Waals surface area contributed by atoms with E-state index in [-0.39, 0.29) is 5.60 Å². The summed E-state index contributed by atoms with van der Waals surface area (Å²) in [6, 6.07) is 0. The van der Waals surface area contributed by atoms with Gasteiger partial charge in [0.1, 0.15) is 0 Å². The van der Waals surface area contributed by atoms with E-state index in [4.69, 9.17) is 4.74 Å². The molecule has 0 heterocycles. The van der Waals surface area contributed by atoms with Crippen LogP contribution in [0.25, 0.3) is 0 Å². The van der Waals surface area contributed by atoms with Crippen molar-refractivity contribution in [3.63, 3.8) is 0 Å². The van der Waals surface area contributed by atoms with Crippen molar-refractivity contribution >= 4 is 0 Å². The first-order valence-corrected chi connectivity index (χ1v) is 7.77. The summed E-state index contributed by atoms with van der Waals surface area (Å²) in [6.07, 6.45) is 5.38. The smallest absolute Gasteiger partial charge is 0.0599 e. The number of rotatable bonds is 6. The Balaban J connectivity index is 2.34. The standard InChI is InChI=1S/C16H34N2O/c1-14-8-7-9-16(12-14,18(5)6)13-17-10-11-19-15(2,3)4/h14,17H,7-13H2,1-6H3. The first kappa shape index (κ1) is 16.9. The van der Waals surface area contributed by atoms with Gasteiger partial charge in [-0.25, -0.2) is 0 Å². The molecule has 0 spiro atoms. The molecule has 1 saturated carbocycles. The summed E-state index contributed by atoms with van der Waals surface area (Å²) in [5, 5.41) is 3.60. The average molecular weight is 270 g/mol. The van der Waals surface area contributed by atoms with E-state index in [0.717, 1.165) is 25.6 Å². The Bertz CT molecular complexity index is 260. The van der Waals surface area contributed by atoms with Gasteiger partial charge in [-0.1, -0.05) is 19.8 Å². The number of nitrogens with zero attached hydrogens (tertiary/aromatic N) is 1. The van der Waals surface area contributed by atoms with E-state index in [0.29, 0.717) is 5.54 Å². The van der Waals surface area contributed by atoms with Crippen LogP contribution >= 0.6 is 0 Å². The van der Waals surface area contributed by atoms with Gasteiger partial charge < -0.3 is 15.0 Å². The number of hydrogen-bond acceptors (Lipinski definition) is 3. The van der Waals surface area contributed by atoms with Gasteiger partial charge in [0.15, 0.2) is 0 Å². The van der Waals surface area contributed by atoms with Crippen LogP contribution < -0.4 is 5.32 Å². The minimum Gasteiger partial charge on any atom is -0.375 e. The highest BCUT2D eigenvalue weighted by Gasteiger charge is 2.36. The predicted molar refractivity (Wildman–Crippen MR) is 82.6 cm³/mol. The molecule has 2 atom stereocenters. The van der Waals surface area contributed by atoms with Gasteiger partial charge in [0.2, 0.25) is 0 Å². The third-order valence-corrected chi connectivity index (χ3v) is 4.28. The van der Waals surface area contributed by atoms with Gasteiger partial charge in [0.05, 0.1) is 12.2 Å². The van der Waals surface area contributed by atoms with Crippen LogP contribution in [-0.2, 0) is 4.74 Å². The van der Waals surface area contributed by atoms with E-state index < -0.39 is 0 Å². The fraction of sp³-hybridized carbons (Fsp3) is 1.00. The van der Waals surface area contributed by atoms with Crippen LogP contribution in [0.2, 0.25) is 0 Å². The molecule has 3 heteroatoms. The van der Waals surface area contributed by atoms with Crippen molar-refractivity contribution in [3.8, 4) is 0 Å². The second-order valence-corrected chi connectivity index (χ2v) is 7.46. The number of likely N-dealkylation sites (N-methyl/N-ethyl adjacent to an activating group) is 1. The van der Waals surface area contributed by atoms with E-state index in [1.807, 2.05) is 0 Å². The predicted octanol–water partition coefficient (Wildman–Crippen LogP) is 2.90. The second kappa shape index (κ2) is 7.05. The Kier molecular flexibility index (Phi) is 6.28. The molecular weight excluding hydrogens is 236 g/mol. The molecule has 0 amide bonds. The molecule has 1 N–H and O–H groups in total. The minimum atomic E-state index is -0.0275. The van der Waals surface area contributed by atoms with Crippen LogP contribution in [0.4, 0.5) is 0 Å². The maximum atomic E-state index is 5.76. The summed E-state index contributed by atoms with van der Waals surface area (Å²) in [5.74, 6) is 0.851. The van der Waals surface area contributed by atoms with Crippen LogP contribution in [-0.4, -0.2) is 49.8 Å². The van der Waals surface area contributed by atoms with E-state index >= 15 is 0 Å². The number of ether oxygens (including phenoxy) is 1. The van der Waals surface area contributed by atoms with Crippen LogP contribution in [0.5, 0.6) is 0 Å². The zero-order valence-corrected chi connectivity index (χ0v) is 13.9. The molecule has 2 unspecified atom stereocenters. The van der Waals surface area contributed by atoms with Crippen molar-refractivity contribution in [1.29, 1.82) is 0 Å². The number of nitrogens with one attached hydrogen (secondary N) is 1. The van der Waals surface area contributed by atoms with Crippen molar-refractivity contribution in [2.24, 2.45) is 5.92 Å². The molecule has 0 aromatic carbocycles. The summed E-state index contributed by atoms with van der Waals surface area (Å²) in [6.45, 7) is 11.5. The SMILES string of the molecule is CC1CCCC(CNCCOC(C)(C)C)(N(C)C)C1. The monoisotopic (exact) mass is 270 g/mol. The molecule has 1 aliphatic carbocycles. The lowest BCUT2D eigenvalue weighted by Crippen LogP contribution is -2.54. The number of hydrogen-bond donors (Lipinski definition) is 1. The van der Waals surface area contributed by atoms with Crippen LogP contribution in [0.1, 0.15) is 53.4 Å². The highest BCUT2D eigenvalue weighted by Crippen LogP contribution is 2.35. The van der Waals surface area contributed by atoms with E-state index in [1.165, 1.54) is 25.7 Å². The topological polar surface area (TPSA) is 24.5 Å². The molecule has 1 aliphatic rings. The molecule has 1 rings (SSSR count). The Morgan fingerprint density at radius 1 is 1.32 bits per heavy atom. The van der Waals surface area contributed by atoms with Crippen molar-refractivity contribution < 1.29 is 4.74 Å². The van der Waals surface area contributed by atoms with E-state index in [1.54, 1.807) is 0 Å². The normalized spacial score (nSPS) is 28.9. The molecule has 1 fully saturated rings. The molecule has 114 valence electrons. The molecule has 3 nitrogen and oxygen atoms in total. The van der Waals surface area contributed by atoms with Crippen LogP contribution in [0.3, 0.4) is 0 Å². The molecule has 0 aromatic rings. The lowest BCUT2D eigenvalue weighted by molar-refractivity contribution is -0.00309. The minimum absolute atomic E-state index is 0.0275. The van der Waals surface area contributed by atoms with Crippen molar-refractivity contribution in [2.45, 2.75) is 64.5 Å². The fourth-order valence-electron chi connectivity index (χ4n) is 3.11. The Labute approximate surface area is 120 Å². The molecule has 0 saturated heterocycles. The Morgan fingerprint density at radius 3 is 2.53 bits per heavy atom. The fourth-order valence-corrected chi connectivity index (χ4v) is 3.11. The molecule has 19 heavy (non-hydrogen) atoms. The van der Waals surface area contributed by atoms with Gasteiger partial charge in [-0.15, -0.1) is 0 Å². The zero-order valence-electron chi connectivity index (χ0n) is 13.9. The van der Waals surface area contributed by atoms with Gasteiger partial charge in [-0.3, -0.25) is 0 Å². The maximum Gasteiger partial charge on any atom is 0.0599 e. The summed E-state index contributed by atoms with van der Waals surface area (Å²) < 4.78 is 5.76. The van der Waals surface area contributed by atoms with Crippen LogP contribution in [0, 0.1) is 5.92 Å². The molecule has 0 aliphatic heterocycles. The quantitative estimate of drug-likeness (QED) is 0.751. The van der Waals surface area contributed by atoms with Gasteiger partial charge >= 0.3 is 0 Å². The first-order chi connectivity index (χ1) is 8.75. The third-order valence-electron chi connectivity index (χ3n) is 4.28. The van der Waals surface area contributed by atoms with E-state index in [9.17, 15) is 0 Å². The van der Waals surface area contributed by atoms with E-state index in [2.05, 4.69) is 52.0 Å².